The van der Waals surface area contributed by atoms with Gasteiger partial charge in [-0.15, -0.1) is 0 Å². The summed E-state index contributed by atoms with van der Waals surface area (Å²) < 4.78 is 30.3. The topological polar surface area (TPSA) is 134 Å². The van der Waals surface area contributed by atoms with E-state index in [1.54, 1.807) is 23.8 Å². The highest BCUT2D eigenvalue weighted by atomic mass is 32.2. The van der Waals surface area contributed by atoms with Crippen molar-refractivity contribution in [2.24, 2.45) is 0 Å². The summed E-state index contributed by atoms with van der Waals surface area (Å²) in [4.78, 5) is 26.7. The molecule has 1 aliphatic rings. The van der Waals surface area contributed by atoms with E-state index in [0.29, 0.717) is 12.1 Å². The van der Waals surface area contributed by atoms with Crippen LogP contribution < -0.4 is 0 Å². The summed E-state index contributed by atoms with van der Waals surface area (Å²) in [5, 5.41) is 15.5. The van der Waals surface area contributed by atoms with Crippen molar-refractivity contribution in [3.05, 3.63) is 50.6 Å². The van der Waals surface area contributed by atoms with Crippen molar-refractivity contribution in [3.8, 4) is 0 Å². The molecule has 30 heavy (non-hydrogen) atoms. The van der Waals surface area contributed by atoms with Crippen molar-refractivity contribution in [3.63, 3.8) is 0 Å². The van der Waals surface area contributed by atoms with E-state index in [1.807, 2.05) is 13.8 Å². The van der Waals surface area contributed by atoms with Gasteiger partial charge in [-0.2, -0.15) is 5.10 Å². The Kier molecular flexibility index (Phi) is 6.01. The lowest BCUT2D eigenvalue weighted by atomic mass is 10.1. The first-order valence-corrected chi connectivity index (χ1v) is 11.2. The highest BCUT2D eigenvalue weighted by Gasteiger charge is 2.31. The van der Waals surface area contributed by atoms with Crippen LogP contribution in [0.2, 0.25) is 0 Å². The normalized spacial score (nSPS) is 18.0. The summed E-state index contributed by atoms with van der Waals surface area (Å²) in [6.45, 7) is 5.42. The van der Waals surface area contributed by atoms with Crippen LogP contribution in [0.1, 0.15) is 52.4 Å². The lowest BCUT2D eigenvalue weighted by Crippen LogP contribution is -2.13. The maximum Gasteiger partial charge on any atom is 0.340 e. The molecule has 0 spiro atoms. The fourth-order valence-electron chi connectivity index (χ4n) is 3.47. The van der Waals surface area contributed by atoms with Crippen LogP contribution in [0.15, 0.2) is 12.3 Å². The van der Waals surface area contributed by atoms with Gasteiger partial charge < -0.3 is 4.74 Å². The third-order valence-electron chi connectivity index (χ3n) is 4.95. The minimum atomic E-state index is -3.05. The maximum atomic E-state index is 12.2. The van der Waals surface area contributed by atoms with Crippen LogP contribution in [0.4, 0.5) is 5.69 Å². The number of carbonyl (C=O) groups is 1. The molecule has 3 rings (SSSR count). The van der Waals surface area contributed by atoms with Crippen LogP contribution in [-0.2, 0) is 14.6 Å². The van der Waals surface area contributed by atoms with Gasteiger partial charge in [0.15, 0.2) is 9.84 Å². The van der Waals surface area contributed by atoms with Crippen LogP contribution in [0, 0.1) is 24.0 Å². The Hall–Kier alpha value is -3.08. The first kappa shape index (κ1) is 21.6. The molecule has 3 heterocycles. The van der Waals surface area contributed by atoms with Crippen molar-refractivity contribution in [1.29, 1.82) is 0 Å². The van der Waals surface area contributed by atoms with E-state index < -0.39 is 20.7 Å². The number of nitro groups is 1. The second-order valence-electron chi connectivity index (χ2n) is 7.02. The number of nitrogens with zero attached hydrogens (tertiary/aromatic N) is 4. The molecule has 0 saturated carbocycles. The minimum absolute atomic E-state index is 0.00751. The van der Waals surface area contributed by atoms with E-state index >= 15 is 0 Å². The molecular formula is C19H22N4O6S. The largest absolute Gasteiger partial charge is 0.462 e. The maximum absolute atomic E-state index is 12.2. The number of pyridine rings is 1. The molecule has 2 aromatic rings. The van der Waals surface area contributed by atoms with Gasteiger partial charge in [-0.25, -0.2) is 18.2 Å². The average molecular weight is 434 g/mol. The Balaban J connectivity index is 1.96. The number of hydrogen-bond donors (Lipinski definition) is 0. The van der Waals surface area contributed by atoms with Crippen LogP contribution in [0.25, 0.3) is 12.2 Å². The molecular weight excluding hydrogens is 412 g/mol. The van der Waals surface area contributed by atoms with Gasteiger partial charge in [-0.05, 0) is 39.3 Å². The summed E-state index contributed by atoms with van der Waals surface area (Å²) in [6, 6.07) is 0.931. The van der Waals surface area contributed by atoms with E-state index in [-0.39, 0.29) is 41.1 Å². The van der Waals surface area contributed by atoms with E-state index in [4.69, 9.17) is 4.74 Å². The molecule has 10 nitrogen and oxygen atoms in total. The molecule has 1 unspecified atom stereocenters. The van der Waals surface area contributed by atoms with E-state index in [9.17, 15) is 23.3 Å². The Morgan fingerprint density at radius 2 is 2.13 bits per heavy atom. The van der Waals surface area contributed by atoms with E-state index in [1.165, 1.54) is 0 Å². The number of hydrogen-bond acceptors (Lipinski definition) is 8. The van der Waals surface area contributed by atoms with Crippen LogP contribution in [0.3, 0.4) is 0 Å². The van der Waals surface area contributed by atoms with Crippen molar-refractivity contribution < 1.29 is 22.9 Å². The predicted octanol–water partition coefficient (Wildman–Crippen LogP) is 2.51. The third kappa shape index (κ3) is 4.40. The molecule has 0 amide bonds. The molecule has 1 atom stereocenters. The number of sulfone groups is 1. The zero-order valence-corrected chi connectivity index (χ0v) is 17.7. The second-order valence-corrected chi connectivity index (χ2v) is 9.25. The quantitative estimate of drug-likeness (QED) is 0.384. The lowest BCUT2D eigenvalue weighted by Gasteiger charge is -2.11. The highest BCUT2D eigenvalue weighted by molar-refractivity contribution is 7.91. The fourth-order valence-corrected chi connectivity index (χ4v) is 5.16. The Labute approximate surface area is 173 Å². The molecule has 0 radical (unpaired) electrons. The summed E-state index contributed by atoms with van der Waals surface area (Å²) in [7, 11) is -3.05. The first-order chi connectivity index (χ1) is 14.1. The van der Waals surface area contributed by atoms with E-state index in [0.717, 1.165) is 23.5 Å². The molecule has 2 aromatic heterocycles. The van der Waals surface area contributed by atoms with Crippen LogP contribution >= 0.6 is 0 Å². The molecule has 160 valence electrons. The van der Waals surface area contributed by atoms with Gasteiger partial charge >= 0.3 is 5.97 Å². The van der Waals surface area contributed by atoms with Gasteiger partial charge in [-0.3, -0.25) is 14.8 Å². The summed E-state index contributed by atoms with van der Waals surface area (Å²) in [6.07, 6.45) is 4.89. The number of carbonyl (C=O) groups excluding carboxylic acids is 1. The zero-order chi connectivity index (χ0) is 22.1. The summed E-state index contributed by atoms with van der Waals surface area (Å²) in [5.41, 5.74) is 2.19. The number of rotatable bonds is 6. The number of aryl methyl sites for hydroxylation is 1. The van der Waals surface area contributed by atoms with Gasteiger partial charge in [-0.1, -0.05) is 0 Å². The molecule has 0 bridgehead atoms. The van der Waals surface area contributed by atoms with Crippen molar-refractivity contribution in [1.82, 2.24) is 14.8 Å². The fraction of sp³-hybridized carbons (Fsp3) is 0.421. The van der Waals surface area contributed by atoms with Gasteiger partial charge in [0, 0.05) is 17.3 Å². The van der Waals surface area contributed by atoms with Crippen molar-refractivity contribution >= 4 is 33.6 Å². The van der Waals surface area contributed by atoms with Crippen LogP contribution in [0.5, 0.6) is 0 Å². The lowest BCUT2D eigenvalue weighted by molar-refractivity contribution is -0.385. The zero-order valence-electron chi connectivity index (χ0n) is 16.9. The van der Waals surface area contributed by atoms with Gasteiger partial charge in [0.25, 0.3) is 5.69 Å². The molecule has 1 saturated heterocycles. The van der Waals surface area contributed by atoms with Crippen molar-refractivity contribution in [2.45, 2.75) is 33.2 Å². The molecule has 1 aliphatic heterocycles. The first-order valence-electron chi connectivity index (χ1n) is 9.38. The standard InChI is InChI=1S/C19H22N4O6S/c1-4-29-19(24)17-9-15(23(25)26)10-20-18(17)6-5-16-12(2)21-22(13(16)3)14-7-8-30(27,28)11-14/h5-6,9-10,14H,4,7-8,11H2,1-3H3/b6-5+. The predicted molar refractivity (Wildman–Crippen MR) is 110 cm³/mol. The van der Waals surface area contributed by atoms with Gasteiger partial charge in [0.2, 0.25) is 0 Å². The van der Waals surface area contributed by atoms with E-state index in [2.05, 4.69) is 10.1 Å². The Bertz CT molecular complexity index is 1140. The van der Waals surface area contributed by atoms with Gasteiger partial charge in [0.05, 0.1) is 46.0 Å². The third-order valence-corrected chi connectivity index (χ3v) is 6.70. The van der Waals surface area contributed by atoms with Gasteiger partial charge in [0.1, 0.15) is 6.20 Å². The number of esters is 1. The molecule has 0 aliphatic carbocycles. The smallest absolute Gasteiger partial charge is 0.340 e. The number of aromatic nitrogens is 3. The van der Waals surface area contributed by atoms with Crippen molar-refractivity contribution in [2.75, 3.05) is 18.1 Å². The van der Waals surface area contributed by atoms with Crippen LogP contribution in [-0.4, -0.2) is 52.2 Å². The molecule has 0 aromatic carbocycles. The summed E-state index contributed by atoms with van der Waals surface area (Å²) in [5.74, 6) is -0.486. The number of ether oxygens (including phenoxy) is 1. The summed E-state index contributed by atoms with van der Waals surface area (Å²) >= 11 is 0. The highest BCUT2D eigenvalue weighted by Crippen LogP contribution is 2.28. The average Bonchev–Trinajstić information content (AvgIpc) is 3.18. The monoisotopic (exact) mass is 434 g/mol. The minimum Gasteiger partial charge on any atom is -0.462 e. The Morgan fingerprint density at radius 1 is 1.40 bits per heavy atom. The molecule has 0 N–H and O–H groups in total. The second kappa shape index (κ2) is 8.34. The SMILES string of the molecule is CCOC(=O)c1cc([N+](=O)[O-])cnc1/C=C/c1c(C)nn(C2CCS(=O)(=O)C2)c1C. The molecule has 11 heteroatoms. The Morgan fingerprint density at radius 3 is 2.73 bits per heavy atom. The molecule has 1 fully saturated rings.